The highest BCUT2D eigenvalue weighted by atomic mass is 35.5. The van der Waals surface area contributed by atoms with Crippen LogP contribution < -0.4 is 15.6 Å². The van der Waals surface area contributed by atoms with E-state index in [4.69, 9.17) is 16.3 Å². The molecule has 0 saturated heterocycles. The van der Waals surface area contributed by atoms with Crippen LogP contribution in [0.25, 0.3) is 0 Å². The molecule has 0 aliphatic heterocycles. The van der Waals surface area contributed by atoms with Crippen molar-refractivity contribution in [2.75, 3.05) is 0 Å². The molecule has 1 aromatic carbocycles. The number of halogens is 1. The lowest BCUT2D eigenvalue weighted by atomic mass is 9.49. The number of thiazole rings is 1. The van der Waals surface area contributed by atoms with E-state index in [0.29, 0.717) is 29.5 Å². The van der Waals surface area contributed by atoms with Crippen molar-refractivity contribution in [2.24, 2.45) is 23.2 Å². The first-order chi connectivity index (χ1) is 15.4. The van der Waals surface area contributed by atoms with Crippen LogP contribution in [0, 0.1) is 23.2 Å². The van der Waals surface area contributed by atoms with Crippen molar-refractivity contribution in [1.82, 2.24) is 15.8 Å². The summed E-state index contributed by atoms with van der Waals surface area (Å²) in [6.07, 6.45) is 8.27. The van der Waals surface area contributed by atoms with Crippen LogP contribution in [0.5, 0.6) is 5.75 Å². The molecule has 2 N–H and O–H groups in total. The van der Waals surface area contributed by atoms with Crippen LogP contribution >= 0.6 is 22.9 Å². The molecule has 0 unspecified atom stereocenters. The fraction of sp³-hybridized carbons (Fsp3) is 0.542. The number of hydrogen-bond donors (Lipinski definition) is 2. The van der Waals surface area contributed by atoms with E-state index in [0.717, 1.165) is 22.8 Å². The lowest BCUT2D eigenvalue weighted by Gasteiger charge is -2.56. The van der Waals surface area contributed by atoms with Crippen LogP contribution in [0.3, 0.4) is 0 Å². The minimum absolute atomic E-state index is 0.0735. The summed E-state index contributed by atoms with van der Waals surface area (Å²) in [7, 11) is 0. The summed E-state index contributed by atoms with van der Waals surface area (Å²) in [6.45, 7) is 0.329. The van der Waals surface area contributed by atoms with Gasteiger partial charge in [-0.2, -0.15) is 0 Å². The second-order valence-corrected chi connectivity index (χ2v) is 11.2. The zero-order chi connectivity index (χ0) is 22.1. The quantitative estimate of drug-likeness (QED) is 0.572. The maximum absolute atomic E-state index is 12.6. The van der Waals surface area contributed by atoms with Gasteiger partial charge >= 0.3 is 0 Å². The predicted molar refractivity (Wildman–Crippen MR) is 123 cm³/mol. The van der Waals surface area contributed by atoms with E-state index < -0.39 is 0 Å². The van der Waals surface area contributed by atoms with Gasteiger partial charge in [-0.1, -0.05) is 11.6 Å². The molecule has 0 radical (unpaired) electrons. The lowest BCUT2D eigenvalue weighted by Crippen LogP contribution is -2.50. The zero-order valence-electron chi connectivity index (χ0n) is 17.9. The van der Waals surface area contributed by atoms with E-state index >= 15 is 0 Å². The molecule has 32 heavy (non-hydrogen) atoms. The van der Waals surface area contributed by atoms with Crippen LogP contribution in [0.1, 0.15) is 55.6 Å². The third-order valence-corrected chi connectivity index (χ3v) is 8.28. The summed E-state index contributed by atoms with van der Waals surface area (Å²) in [5.74, 6) is 2.81. The van der Waals surface area contributed by atoms with Crippen molar-refractivity contribution in [3.05, 3.63) is 45.4 Å². The number of rotatable bonds is 7. The Bertz CT molecular complexity index is 955. The minimum atomic E-state index is -0.265. The Hall–Kier alpha value is -2.12. The SMILES string of the molecule is O=C(Cc1csc(COc2ccc(Cl)cc2)n1)NNC(=O)CC12CC3CC(CC(C3)C1)C2. The highest BCUT2D eigenvalue weighted by Gasteiger charge is 2.51. The topological polar surface area (TPSA) is 80.3 Å². The van der Waals surface area contributed by atoms with Gasteiger partial charge in [0.1, 0.15) is 17.4 Å². The second-order valence-electron chi connectivity index (χ2n) is 9.84. The summed E-state index contributed by atoms with van der Waals surface area (Å²) >= 11 is 7.32. The van der Waals surface area contributed by atoms with Crippen molar-refractivity contribution in [2.45, 2.75) is 58.0 Å². The Morgan fingerprint density at radius 1 is 1.03 bits per heavy atom. The molecule has 4 fully saturated rings. The fourth-order valence-electron chi connectivity index (χ4n) is 6.41. The van der Waals surface area contributed by atoms with Gasteiger partial charge in [-0.05, 0) is 86.0 Å². The number of benzene rings is 1. The molecule has 0 atom stereocenters. The minimum Gasteiger partial charge on any atom is -0.486 e. The molecule has 4 aliphatic rings. The third-order valence-electron chi connectivity index (χ3n) is 7.16. The van der Waals surface area contributed by atoms with E-state index in [2.05, 4.69) is 15.8 Å². The van der Waals surface area contributed by atoms with Crippen molar-refractivity contribution < 1.29 is 14.3 Å². The van der Waals surface area contributed by atoms with E-state index in [-0.39, 0.29) is 23.7 Å². The van der Waals surface area contributed by atoms with Gasteiger partial charge in [-0.25, -0.2) is 4.98 Å². The predicted octanol–water partition coefficient (Wildman–Crippen LogP) is 4.67. The maximum atomic E-state index is 12.6. The number of hydrazine groups is 1. The third kappa shape index (κ3) is 5.09. The molecule has 0 spiro atoms. The number of carbonyl (C=O) groups is 2. The summed E-state index contributed by atoms with van der Waals surface area (Å²) in [6, 6.07) is 7.14. The summed E-state index contributed by atoms with van der Waals surface area (Å²) < 4.78 is 5.69. The van der Waals surface area contributed by atoms with Gasteiger partial charge in [-0.15, -0.1) is 11.3 Å². The molecular formula is C24H28ClN3O3S. The van der Waals surface area contributed by atoms with Crippen LogP contribution in [0.2, 0.25) is 5.02 Å². The van der Waals surface area contributed by atoms with Crippen LogP contribution in [-0.2, 0) is 22.6 Å². The van der Waals surface area contributed by atoms with Crippen LogP contribution in [0.15, 0.2) is 29.6 Å². The molecule has 8 heteroatoms. The first-order valence-corrected chi connectivity index (χ1v) is 12.6. The van der Waals surface area contributed by atoms with Gasteiger partial charge in [0, 0.05) is 16.8 Å². The molecule has 170 valence electrons. The Kier molecular flexibility index (Phi) is 6.12. The van der Waals surface area contributed by atoms with Gasteiger partial charge in [0.25, 0.3) is 0 Å². The molecule has 6 rings (SSSR count). The smallest absolute Gasteiger partial charge is 0.244 e. The Morgan fingerprint density at radius 2 is 1.66 bits per heavy atom. The summed E-state index contributed by atoms with van der Waals surface area (Å²) in [4.78, 5) is 29.3. The number of nitrogens with zero attached hydrogens (tertiary/aromatic N) is 1. The molecule has 4 bridgehead atoms. The molecule has 2 amide bonds. The monoisotopic (exact) mass is 473 g/mol. The van der Waals surface area contributed by atoms with Crippen molar-refractivity contribution >= 4 is 34.8 Å². The first kappa shape index (κ1) is 21.7. The molecule has 1 heterocycles. The molecular weight excluding hydrogens is 446 g/mol. The van der Waals surface area contributed by atoms with Crippen LogP contribution in [0.4, 0.5) is 0 Å². The number of ether oxygens (including phenoxy) is 1. The first-order valence-electron chi connectivity index (χ1n) is 11.3. The van der Waals surface area contributed by atoms with E-state index in [1.165, 1.54) is 49.9 Å². The van der Waals surface area contributed by atoms with Crippen molar-refractivity contribution in [1.29, 1.82) is 0 Å². The molecule has 1 aromatic heterocycles. The highest BCUT2D eigenvalue weighted by molar-refractivity contribution is 7.09. The van der Waals surface area contributed by atoms with E-state index in [1.54, 1.807) is 24.3 Å². The summed E-state index contributed by atoms with van der Waals surface area (Å²) in [5, 5.41) is 3.29. The largest absolute Gasteiger partial charge is 0.486 e. The second kappa shape index (κ2) is 9.02. The van der Waals surface area contributed by atoms with Gasteiger partial charge in [0.2, 0.25) is 11.8 Å². The summed E-state index contributed by atoms with van der Waals surface area (Å²) in [5.41, 5.74) is 6.03. The zero-order valence-corrected chi connectivity index (χ0v) is 19.5. The van der Waals surface area contributed by atoms with Gasteiger partial charge in [0.15, 0.2) is 0 Å². The van der Waals surface area contributed by atoms with Crippen LogP contribution in [-0.4, -0.2) is 16.8 Å². The van der Waals surface area contributed by atoms with Gasteiger partial charge < -0.3 is 4.74 Å². The van der Waals surface area contributed by atoms with Crippen molar-refractivity contribution in [3.63, 3.8) is 0 Å². The van der Waals surface area contributed by atoms with E-state index in [9.17, 15) is 9.59 Å². The molecule has 4 saturated carbocycles. The number of hydrogen-bond acceptors (Lipinski definition) is 5. The normalized spacial score (nSPS) is 27.8. The van der Waals surface area contributed by atoms with Gasteiger partial charge in [-0.3, -0.25) is 20.4 Å². The molecule has 6 nitrogen and oxygen atoms in total. The number of carbonyl (C=O) groups excluding carboxylic acids is 2. The Balaban J connectivity index is 1.06. The van der Waals surface area contributed by atoms with Gasteiger partial charge in [0.05, 0.1) is 12.1 Å². The number of amides is 2. The molecule has 2 aromatic rings. The highest BCUT2D eigenvalue weighted by Crippen LogP contribution is 2.61. The van der Waals surface area contributed by atoms with Crippen molar-refractivity contribution in [3.8, 4) is 5.75 Å². The average Bonchev–Trinajstić information content (AvgIpc) is 3.18. The standard InChI is InChI=1S/C24H28ClN3O3S/c25-18-1-3-20(4-2-18)31-13-23-26-19(14-32-23)8-21(29)27-28-22(30)12-24-9-15-5-16(10-24)7-17(6-15)11-24/h1-4,14-17H,5-13H2,(H,27,29)(H,28,30). The number of aromatic nitrogens is 1. The Labute approximate surface area is 197 Å². The average molecular weight is 474 g/mol. The fourth-order valence-corrected chi connectivity index (χ4v) is 7.24. The Morgan fingerprint density at radius 3 is 2.31 bits per heavy atom. The lowest BCUT2D eigenvalue weighted by molar-refractivity contribution is -0.134. The maximum Gasteiger partial charge on any atom is 0.244 e. The van der Waals surface area contributed by atoms with E-state index in [1.807, 2.05) is 5.38 Å². The number of nitrogens with one attached hydrogen (secondary N) is 2. The molecule has 4 aliphatic carbocycles.